The lowest BCUT2D eigenvalue weighted by Crippen LogP contribution is -2.29. The highest BCUT2D eigenvalue weighted by atomic mass is 35.5. The predicted molar refractivity (Wildman–Crippen MR) is 121 cm³/mol. The molecule has 0 radical (unpaired) electrons. The van der Waals surface area contributed by atoms with Gasteiger partial charge in [-0.3, -0.25) is 14.5 Å². The molecule has 0 bridgehead atoms. The first-order chi connectivity index (χ1) is 14.3. The molecular formula is C24H20ClNO3S. The third-order valence-corrected chi connectivity index (χ3v) is 6.64. The summed E-state index contributed by atoms with van der Waals surface area (Å²) in [6, 6.07) is 13.7. The third-order valence-electron chi connectivity index (χ3n) is 5.33. The number of aliphatic hydroxyl groups is 1. The SMILES string of the molecule is Cc1ccc(C)c(/C(O)=C2/C(=O)C(=O)N(c3cccc(Cl)c3)C2c2sccc2C)c1. The molecule has 1 N–H and O–H groups in total. The highest BCUT2D eigenvalue weighted by Gasteiger charge is 2.48. The normalized spacial score (nSPS) is 18.3. The van der Waals surface area contributed by atoms with E-state index in [2.05, 4.69) is 0 Å². The number of thiophene rings is 1. The lowest BCUT2D eigenvalue weighted by molar-refractivity contribution is -0.132. The minimum Gasteiger partial charge on any atom is -0.507 e. The number of hydrogen-bond acceptors (Lipinski definition) is 4. The largest absolute Gasteiger partial charge is 0.507 e. The Balaban J connectivity index is 2.00. The van der Waals surface area contributed by atoms with E-state index in [1.165, 1.54) is 16.2 Å². The molecular weight excluding hydrogens is 418 g/mol. The van der Waals surface area contributed by atoms with Crippen molar-refractivity contribution in [2.45, 2.75) is 26.8 Å². The summed E-state index contributed by atoms with van der Waals surface area (Å²) in [5.74, 6) is -1.54. The van der Waals surface area contributed by atoms with Crippen molar-refractivity contribution in [2.24, 2.45) is 0 Å². The van der Waals surface area contributed by atoms with Crippen LogP contribution in [0.2, 0.25) is 5.02 Å². The summed E-state index contributed by atoms with van der Waals surface area (Å²) < 4.78 is 0. The zero-order valence-corrected chi connectivity index (χ0v) is 18.3. The zero-order valence-electron chi connectivity index (χ0n) is 16.8. The van der Waals surface area contributed by atoms with Crippen LogP contribution in [0.5, 0.6) is 0 Å². The standard InChI is InChI=1S/C24H20ClNO3S/c1-13-7-8-14(2)18(11-13)21(27)19-20(23-15(3)9-10-30-23)26(24(29)22(19)28)17-6-4-5-16(25)12-17/h4-12,20,27H,1-3H3/b21-19-. The van der Waals surface area contributed by atoms with Crippen molar-refractivity contribution in [3.05, 3.63) is 91.6 Å². The van der Waals surface area contributed by atoms with Gasteiger partial charge in [-0.15, -0.1) is 11.3 Å². The number of carbonyl (C=O) groups is 2. The van der Waals surface area contributed by atoms with Gasteiger partial charge in [-0.2, -0.15) is 0 Å². The van der Waals surface area contributed by atoms with Crippen LogP contribution in [0.4, 0.5) is 5.69 Å². The molecule has 4 rings (SSSR count). The number of Topliss-reactive ketones (excluding diaryl/α,β-unsaturated/α-hetero) is 1. The van der Waals surface area contributed by atoms with Crippen LogP contribution in [0.1, 0.15) is 33.2 Å². The minimum atomic E-state index is -0.719. The number of rotatable bonds is 3. The van der Waals surface area contributed by atoms with Gasteiger partial charge in [0.1, 0.15) is 11.8 Å². The summed E-state index contributed by atoms with van der Waals surface area (Å²) in [6.07, 6.45) is 0. The number of ketones is 1. The molecule has 30 heavy (non-hydrogen) atoms. The molecule has 0 spiro atoms. The number of hydrogen-bond donors (Lipinski definition) is 1. The molecule has 1 amide bonds. The number of carbonyl (C=O) groups excluding carboxylic acids is 2. The van der Waals surface area contributed by atoms with Crippen molar-refractivity contribution in [2.75, 3.05) is 4.90 Å². The Hall–Kier alpha value is -2.89. The second kappa shape index (κ2) is 7.74. The van der Waals surface area contributed by atoms with Gasteiger partial charge in [-0.25, -0.2) is 0 Å². The van der Waals surface area contributed by atoms with Crippen LogP contribution in [0.25, 0.3) is 5.76 Å². The Labute approximate surface area is 184 Å². The summed E-state index contributed by atoms with van der Waals surface area (Å²) >= 11 is 7.62. The highest BCUT2D eigenvalue weighted by molar-refractivity contribution is 7.10. The smallest absolute Gasteiger partial charge is 0.300 e. The van der Waals surface area contributed by atoms with Crippen molar-refractivity contribution < 1.29 is 14.7 Å². The molecule has 1 aliphatic rings. The summed E-state index contributed by atoms with van der Waals surface area (Å²) in [7, 11) is 0. The lowest BCUT2D eigenvalue weighted by Gasteiger charge is -2.25. The van der Waals surface area contributed by atoms with Gasteiger partial charge in [0.15, 0.2) is 0 Å². The number of aliphatic hydroxyl groups excluding tert-OH is 1. The lowest BCUT2D eigenvalue weighted by atomic mass is 9.95. The molecule has 0 saturated carbocycles. The van der Waals surface area contributed by atoms with E-state index < -0.39 is 17.7 Å². The van der Waals surface area contributed by atoms with Crippen LogP contribution in [0, 0.1) is 20.8 Å². The van der Waals surface area contributed by atoms with Gasteiger partial charge in [0, 0.05) is 21.2 Å². The molecule has 152 valence electrons. The first-order valence-corrected chi connectivity index (χ1v) is 10.7. The van der Waals surface area contributed by atoms with Gasteiger partial charge in [0.2, 0.25) is 0 Å². The van der Waals surface area contributed by atoms with Gasteiger partial charge < -0.3 is 5.11 Å². The predicted octanol–water partition coefficient (Wildman–Crippen LogP) is 5.95. The third kappa shape index (κ3) is 3.34. The minimum absolute atomic E-state index is 0.0965. The molecule has 1 aromatic heterocycles. The molecule has 6 heteroatoms. The fourth-order valence-corrected chi connectivity index (χ4v) is 4.98. The first kappa shape index (κ1) is 20.4. The van der Waals surface area contributed by atoms with E-state index in [9.17, 15) is 14.7 Å². The van der Waals surface area contributed by atoms with Gasteiger partial charge in [-0.1, -0.05) is 35.4 Å². The molecule has 0 aliphatic carbocycles. The van der Waals surface area contributed by atoms with Crippen LogP contribution >= 0.6 is 22.9 Å². The second-order valence-electron chi connectivity index (χ2n) is 7.44. The topological polar surface area (TPSA) is 57.6 Å². The number of anilines is 1. The summed E-state index contributed by atoms with van der Waals surface area (Å²) in [5.41, 5.74) is 3.90. The molecule has 4 nitrogen and oxygen atoms in total. The van der Waals surface area contributed by atoms with E-state index in [1.807, 2.05) is 50.4 Å². The van der Waals surface area contributed by atoms with Crippen LogP contribution < -0.4 is 4.90 Å². The van der Waals surface area contributed by atoms with Gasteiger partial charge >= 0.3 is 0 Å². The fourth-order valence-electron chi connectivity index (χ4n) is 3.77. The number of amides is 1. The summed E-state index contributed by atoms with van der Waals surface area (Å²) in [6.45, 7) is 5.72. The molecule has 1 atom stereocenters. The van der Waals surface area contributed by atoms with Crippen LogP contribution in [0.15, 0.2) is 59.5 Å². The van der Waals surface area contributed by atoms with E-state index in [-0.39, 0.29) is 11.3 Å². The molecule has 2 heterocycles. The fraction of sp³-hybridized carbons (Fsp3) is 0.167. The Morgan fingerprint density at radius 1 is 1.03 bits per heavy atom. The number of aryl methyl sites for hydroxylation is 3. The monoisotopic (exact) mass is 437 g/mol. The van der Waals surface area contributed by atoms with Crippen LogP contribution in [-0.2, 0) is 9.59 Å². The molecule has 1 unspecified atom stereocenters. The molecule has 1 fully saturated rings. The Morgan fingerprint density at radius 2 is 1.80 bits per heavy atom. The Kier molecular flexibility index (Phi) is 5.26. The van der Waals surface area contributed by atoms with E-state index in [4.69, 9.17) is 11.6 Å². The summed E-state index contributed by atoms with van der Waals surface area (Å²) in [4.78, 5) is 28.6. The van der Waals surface area contributed by atoms with Gasteiger partial charge in [0.05, 0.1) is 5.57 Å². The molecule has 1 aliphatic heterocycles. The Bertz CT molecular complexity index is 1210. The number of benzene rings is 2. The summed E-state index contributed by atoms with van der Waals surface area (Å²) in [5, 5.41) is 13.6. The zero-order chi connectivity index (χ0) is 21.6. The molecule has 3 aromatic rings. The van der Waals surface area contributed by atoms with E-state index in [0.717, 1.165) is 21.6 Å². The van der Waals surface area contributed by atoms with E-state index in [1.54, 1.807) is 24.3 Å². The van der Waals surface area contributed by atoms with E-state index in [0.29, 0.717) is 16.3 Å². The molecule has 2 aromatic carbocycles. The van der Waals surface area contributed by atoms with Crippen molar-refractivity contribution in [3.8, 4) is 0 Å². The van der Waals surface area contributed by atoms with E-state index >= 15 is 0 Å². The highest BCUT2D eigenvalue weighted by Crippen LogP contribution is 2.45. The average molecular weight is 438 g/mol. The van der Waals surface area contributed by atoms with Crippen molar-refractivity contribution in [1.82, 2.24) is 0 Å². The Morgan fingerprint density at radius 3 is 2.47 bits per heavy atom. The average Bonchev–Trinajstić information content (AvgIpc) is 3.24. The van der Waals surface area contributed by atoms with Gasteiger partial charge in [0.25, 0.3) is 11.7 Å². The second-order valence-corrected chi connectivity index (χ2v) is 8.82. The maximum atomic E-state index is 13.2. The van der Waals surface area contributed by atoms with Crippen molar-refractivity contribution in [1.29, 1.82) is 0 Å². The number of nitrogens with zero attached hydrogens (tertiary/aromatic N) is 1. The number of halogens is 1. The first-order valence-electron chi connectivity index (χ1n) is 9.47. The van der Waals surface area contributed by atoms with Crippen LogP contribution in [0.3, 0.4) is 0 Å². The van der Waals surface area contributed by atoms with Crippen molar-refractivity contribution in [3.63, 3.8) is 0 Å². The maximum absolute atomic E-state index is 13.2. The van der Waals surface area contributed by atoms with Crippen molar-refractivity contribution >= 4 is 46.1 Å². The van der Waals surface area contributed by atoms with Gasteiger partial charge in [-0.05, 0) is 67.6 Å². The quantitative estimate of drug-likeness (QED) is 0.313. The maximum Gasteiger partial charge on any atom is 0.300 e. The molecule has 1 saturated heterocycles. The van der Waals surface area contributed by atoms with Crippen LogP contribution in [-0.4, -0.2) is 16.8 Å².